The number of amides is 1. The molecule has 1 aliphatic heterocycles. The van der Waals surface area contributed by atoms with Crippen molar-refractivity contribution >= 4 is 11.6 Å². The van der Waals surface area contributed by atoms with Crippen molar-refractivity contribution in [2.24, 2.45) is 0 Å². The number of nitrogens with zero attached hydrogens (tertiary/aromatic N) is 2. The minimum absolute atomic E-state index is 0.210. The van der Waals surface area contributed by atoms with Crippen LogP contribution in [0.3, 0.4) is 0 Å². The molecule has 2 rings (SSSR count). The van der Waals surface area contributed by atoms with Crippen LogP contribution in [-0.4, -0.2) is 49.6 Å². The summed E-state index contributed by atoms with van der Waals surface area (Å²) in [6.45, 7) is 8.02. The van der Waals surface area contributed by atoms with Crippen LogP contribution < -0.4 is 10.2 Å². The van der Waals surface area contributed by atoms with Gasteiger partial charge in [-0.15, -0.1) is 0 Å². The van der Waals surface area contributed by atoms with Crippen LogP contribution in [0, 0.1) is 5.82 Å². The van der Waals surface area contributed by atoms with E-state index in [0.29, 0.717) is 6.42 Å². The summed E-state index contributed by atoms with van der Waals surface area (Å²) in [7, 11) is 0. The van der Waals surface area contributed by atoms with Gasteiger partial charge in [0.2, 0.25) is 5.91 Å². The van der Waals surface area contributed by atoms with Gasteiger partial charge in [-0.1, -0.05) is 6.92 Å². The topological polar surface area (TPSA) is 35.6 Å². The monoisotopic (exact) mass is 293 g/mol. The third-order valence-corrected chi connectivity index (χ3v) is 3.86. The highest BCUT2D eigenvalue weighted by molar-refractivity contribution is 5.77. The smallest absolute Gasteiger partial charge is 0.224 e. The van der Waals surface area contributed by atoms with E-state index in [9.17, 15) is 9.18 Å². The molecular formula is C16H24FN3O. The Balaban J connectivity index is 1.82. The highest BCUT2D eigenvalue weighted by Gasteiger charge is 2.22. The summed E-state index contributed by atoms with van der Waals surface area (Å²) < 4.78 is 12.9. The molecule has 0 aliphatic carbocycles. The van der Waals surface area contributed by atoms with E-state index in [2.05, 4.69) is 10.2 Å². The van der Waals surface area contributed by atoms with E-state index in [1.165, 1.54) is 12.1 Å². The molecule has 1 amide bonds. The second kappa shape index (κ2) is 7.41. The van der Waals surface area contributed by atoms with Crippen molar-refractivity contribution in [2.45, 2.75) is 26.3 Å². The highest BCUT2D eigenvalue weighted by Crippen LogP contribution is 2.17. The van der Waals surface area contributed by atoms with Crippen LogP contribution in [0.5, 0.6) is 0 Å². The van der Waals surface area contributed by atoms with Gasteiger partial charge in [-0.25, -0.2) is 4.39 Å². The van der Waals surface area contributed by atoms with Crippen LogP contribution in [0.15, 0.2) is 24.3 Å². The second-order valence-corrected chi connectivity index (χ2v) is 5.51. The lowest BCUT2D eigenvalue weighted by molar-refractivity contribution is -0.131. The molecule has 5 heteroatoms. The lowest BCUT2D eigenvalue weighted by atomic mass is 10.2. The molecule has 116 valence electrons. The molecule has 0 saturated carbocycles. The van der Waals surface area contributed by atoms with Crippen molar-refractivity contribution in [3.05, 3.63) is 30.1 Å². The fourth-order valence-electron chi connectivity index (χ4n) is 2.68. The largest absolute Gasteiger partial charge is 0.368 e. The Labute approximate surface area is 125 Å². The molecule has 1 unspecified atom stereocenters. The van der Waals surface area contributed by atoms with Crippen LogP contribution >= 0.6 is 0 Å². The molecule has 1 fully saturated rings. The van der Waals surface area contributed by atoms with Crippen molar-refractivity contribution in [3.63, 3.8) is 0 Å². The average molecular weight is 293 g/mol. The molecule has 1 aliphatic rings. The molecule has 1 saturated heterocycles. The van der Waals surface area contributed by atoms with Gasteiger partial charge < -0.3 is 15.1 Å². The van der Waals surface area contributed by atoms with E-state index in [1.54, 1.807) is 12.1 Å². The van der Waals surface area contributed by atoms with E-state index in [0.717, 1.165) is 38.4 Å². The minimum Gasteiger partial charge on any atom is -0.368 e. The average Bonchev–Trinajstić information content (AvgIpc) is 2.48. The van der Waals surface area contributed by atoms with E-state index in [4.69, 9.17) is 0 Å². The van der Waals surface area contributed by atoms with Crippen LogP contribution in [0.4, 0.5) is 10.1 Å². The van der Waals surface area contributed by atoms with Gasteiger partial charge in [-0.2, -0.15) is 0 Å². The first-order valence-corrected chi connectivity index (χ1v) is 7.62. The summed E-state index contributed by atoms with van der Waals surface area (Å²) in [6.07, 6.45) is 0.546. The fourth-order valence-corrected chi connectivity index (χ4v) is 2.68. The zero-order valence-electron chi connectivity index (χ0n) is 12.8. The molecule has 1 aromatic carbocycles. The summed E-state index contributed by atoms with van der Waals surface area (Å²) in [6, 6.07) is 6.76. The number of nitrogens with one attached hydrogen (secondary N) is 1. The van der Waals surface area contributed by atoms with Crippen molar-refractivity contribution in [1.29, 1.82) is 0 Å². The highest BCUT2D eigenvalue weighted by atomic mass is 19.1. The van der Waals surface area contributed by atoms with E-state index in [1.807, 2.05) is 18.7 Å². The summed E-state index contributed by atoms with van der Waals surface area (Å²) in [5.74, 6) is -0.00724. The molecule has 0 bridgehead atoms. The standard InChI is InChI=1S/C16H24FN3O/c1-3-18-13(2)12-16(21)20-10-8-19(9-11-20)15-6-4-14(17)5-7-15/h4-7,13,18H,3,8-12H2,1-2H3. The molecule has 21 heavy (non-hydrogen) atoms. The molecule has 1 heterocycles. The normalized spacial score (nSPS) is 16.9. The predicted octanol–water partition coefficient (Wildman–Crippen LogP) is 1.86. The van der Waals surface area contributed by atoms with Crippen molar-refractivity contribution in [2.75, 3.05) is 37.6 Å². The minimum atomic E-state index is -0.218. The summed E-state index contributed by atoms with van der Waals surface area (Å²) in [4.78, 5) is 16.3. The number of benzene rings is 1. The SMILES string of the molecule is CCNC(C)CC(=O)N1CCN(c2ccc(F)cc2)CC1. The fraction of sp³-hybridized carbons (Fsp3) is 0.562. The quantitative estimate of drug-likeness (QED) is 0.900. The molecule has 1 N–H and O–H groups in total. The summed E-state index contributed by atoms with van der Waals surface area (Å²) in [5, 5.41) is 3.26. The maximum atomic E-state index is 12.9. The number of anilines is 1. The van der Waals surface area contributed by atoms with Crippen LogP contribution in [0.2, 0.25) is 0 Å². The maximum Gasteiger partial charge on any atom is 0.224 e. The van der Waals surface area contributed by atoms with Gasteiger partial charge >= 0.3 is 0 Å². The van der Waals surface area contributed by atoms with E-state index < -0.39 is 0 Å². The predicted molar refractivity (Wildman–Crippen MR) is 82.9 cm³/mol. The second-order valence-electron chi connectivity index (χ2n) is 5.51. The van der Waals surface area contributed by atoms with E-state index in [-0.39, 0.29) is 17.8 Å². The van der Waals surface area contributed by atoms with Gasteiger partial charge in [-0.3, -0.25) is 4.79 Å². The Morgan fingerprint density at radius 1 is 1.24 bits per heavy atom. The number of hydrogen-bond acceptors (Lipinski definition) is 3. The summed E-state index contributed by atoms with van der Waals surface area (Å²) in [5.41, 5.74) is 1.02. The number of halogens is 1. The van der Waals surface area contributed by atoms with Gasteiger partial charge in [0, 0.05) is 44.3 Å². The lowest BCUT2D eigenvalue weighted by Crippen LogP contribution is -2.49. The summed E-state index contributed by atoms with van der Waals surface area (Å²) >= 11 is 0. The Morgan fingerprint density at radius 3 is 2.43 bits per heavy atom. The molecule has 0 aromatic heterocycles. The van der Waals surface area contributed by atoms with E-state index >= 15 is 0 Å². The van der Waals surface area contributed by atoms with Gasteiger partial charge in [0.05, 0.1) is 0 Å². The van der Waals surface area contributed by atoms with Crippen LogP contribution in [0.1, 0.15) is 20.3 Å². The first-order valence-electron chi connectivity index (χ1n) is 7.62. The number of hydrogen-bond donors (Lipinski definition) is 1. The number of carbonyl (C=O) groups excluding carboxylic acids is 1. The van der Waals surface area contributed by atoms with Gasteiger partial charge in [0.1, 0.15) is 5.82 Å². The molecule has 1 atom stereocenters. The third-order valence-electron chi connectivity index (χ3n) is 3.86. The first-order chi connectivity index (χ1) is 10.1. The van der Waals surface area contributed by atoms with Gasteiger partial charge in [0.25, 0.3) is 0 Å². The molecule has 1 aromatic rings. The first kappa shape index (κ1) is 15.8. The van der Waals surface area contributed by atoms with Gasteiger partial charge in [-0.05, 0) is 37.7 Å². The molecule has 0 radical (unpaired) electrons. The Morgan fingerprint density at radius 2 is 1.86 bits per heavy atom. The molecule has 0 spiro atoms. The third kappa shape index (κ3) is 4.43. The van der Waals surface area contributed by atoms with Crippen molar-refractivity contribution in [3.8, 4) is 0 Å². The molecule has 4 nitrogen and oxygen atoms in total. The Bertz CT molecular complexity index is 455. The van der Waals surface area contributed by atoms with Crippen LogP contribution in [-0.2, 0) is 4.79 Å². The van der Waals surface area contributed by atoms with Crippen LogP contribution in [0.25, 0.3) is 0 Å². The lowest BCUT2D eigenvalue weighted by Gasteiger charge is -2.36. The zero-order valence-corrected chi connectivity index (χ0v) is 12.8. The number of carbonyl (C=O) groups is 1. The maximum absolute atomic E-state index is 12.9. The van der Waals surface area contributed by atoms with Crippen molar-refractivity contribution in [1.82, 2.24) is 10.2 Å². The number of rotatable bonds is 5. The van der Waals surface area contributed by atoms with Crippen molar-refractivity contribution < 1.29 is 9.18 Å². The number of piperazine rings is 1. The zero-order chi connectivity index (χ0) is 15.2. The van der Waals surface area contributed by atoms with Gasteiger partial charge in [0.15, 0.2) is 0 Å². The Kier molecular flexibility index (Phi) is 5.56. The molecular weight excluding hydrogens is 269 g/mol. The Hall–Kier alpha value is -1.62.